The molecule has 1 aromatic carbocycles. The molecule has 1 N–H and O–H groups in total. The van der Waals surface area contributed by atoms with E-state index in [1.165, 1.54) is 89.9 Å². The maximum atomic E-state index is 11.8. The minimum atomic E-state index is -0.277. The summed E-state index contributed by atoms with van der Waals surface area (Å²) in [6, 6.07) is 6.53. The van der Waals surface area contributed by atoms with Crippen LogP contribution in [0.5, 0.6) is 0 Å². The van der Waals surface area contributed by atoms with Crippen LogP contribution in [0.1, 0.15) is 120 Å². The third kappa shape index (κ3) is 13.6. The van der Waals surface area contributed by atoms with E-state index in [9.17, 15) is 4.79 Å². The zero-order valence-electron chi connectivity index (χ0n) is 18.1. The molecule has 0 aliphatic carbocycles. The Morgan fingerprint density at radius 1 is 0.679 bits per heavy atom. The van der Waals surface area contributed by atoms with Crippen molar-refractivity contribution in [3.05, 3.63) is 29.8 Å². The summed E-state index contributed by atoms with van der Waals surface area (Å²) < 4.78 is 5.29. The van der Waals surface area contributed by atoms with Gasteiger partial charge < -0.3 is 10.5 Å². The molecule has 0 amide bonds. The van der Waals surface area contributed by atoms with E-state index in [1.807, 2.05) is 0 Å². The van der Waals surface area contributed by atoms with Crippen LogP contribution in [-0.2, 0) is 4.74 Å². The second-order valence-electron chi connectivity index (χ2n) is 8.02. The molecule has 0 aromatic heterocycles. The van der Waals surface area contributed by atoms with E-state index in [1.54, 1.807) is 24.3 Å². The van der Waals surface area contributed by atoms with Gasteiger partial charge in [0, 0.05) is 0 Å². The molecule has 1 aromatic rings. The maximum Gasteiger partial charge on any atom is 0.338 e. The fourth-order valence-electron chi connectivity index (χ4n) is 3.50. The Hall–Kier alpha value is -1.51. The normalized spacial score (nSPS) is 10.9. The third-order valence-electron chi connectivity index (χ3n) is 5.35. The van der Waals surface area contributed by atoms with Crippen molar-refractivity contribution in [1.82, 2.24) is 5.73 Å². The van der Waals surface area contributed by atoms with Gasteiger partial charge in [0.15, 0.2) is 0 Å². The van der Waals surface area contributed by atoms with E-state index < -0.39 is 0 Å². The Morgan fingerprint density at radius 3 is 1.50 bits per heavy atom. The highest BCUT2D eigenvalue weighted by atomic mass is 16.5. The van der Waals surface area contributed by atoms with Gasteiger partial charge >= 0.3 is 5.97 Å². The van der Waals surface area contributed by atoms with Crippen LogP contribution in [0.15, 0.2) is 24.3 Å². The monoisotopic (exact) mass is 388 g/mol. The lowest BCUT2D eigenvalue weighted by atomic mass is 10.0. The van der Waals surface area contributed by atoms with Crippen molar-refractivity contribution in [2.75, 3.05) is 6.61 Å². The van der Waals surface area contributed by atoms with E-state index in [-0.39, 0.29) is 5.97 Å². The molecule has 0 atom stereocenters. The Bertz CT molecular complexity index is 484. The second kappa shape index (κ2) is 17.6. The minimum absolute atomic E-state index is 0.277. The maximum absolute atomic E-state index is 11.8. The molecule has 0 heterocycles. The minimum Gasteiger partial charge on any atom is -0.462 e. The molecule has 0 aliphatic heterocycles. The first-order chi connectivity index (χ1) is 13.7. The lowest BCUT2D eigenvalue weighted by Gasteiger charge is -2.05. The van der Waals surface area contributed by atoms with Gasteiger partial charge in [0.2, 0.25) is 0 Å². The van der Waals surface area contributed by atoms with Crippen molar-refractivity contribution in [2.45, 2.75) is 110 Å². The molecule has 3 heteroatoms. The number of ether oxygens (including phenoxy) is 1. The first-order valence-electron chi connectivity index (χ1n) is 11.7. The van der Waals surface area contributed by atoms with E-state index in [0.717, 1.165) is 12.8 Å². The summed E-state index contributed by atoms with van der Waals surface area (Å²) in [7, 11) is 0. The standard InChI is InChI=1S/C25H42NO2/c1-2-3-4-5-6-7-8-9-10-11-12-13-14-15-16-17-22-28-25(27)23-18-20-24(26)21-19-23/h18-21,26H,2-17,22H2,1H3. The van der Waals surface area contributed by atoms with Gasteiger partial charge in [-0.1, -0.05) is 103 Å². The average Bonchev–Trinajstić information content (AvgIpc) is 2.70. The molecule has 3 nitrogen and oxygen atoms in total. The number of carbonyl (C=O) groups excluding carboxylic acids is 1. The van der Waals surface area contributed by atoms with Crippen LogP contribution in [0.3, 0.4) is 0 Å². The molecule has 1 radical (unpaired) electrons. The van der Waals surface area contributed by atoms with Crippen molar-refractivity contribution in [3.8, 4) is 0 Å². The Kier molecular flexibility index (Phi) is 15.4. The molecule has 0 saturated heterocycles. The summed E-state index contributed by atoms with van der Waals surface area (Å²) in [6.45, 7) is 2.78. The molecule has 0 fully saturated rings. The largest absolute Gasteiger partial charge is 0.462 e. The molecule has 1 rings (SSSR count). The first-order valence-corrected chi connectivity index (χ1v) is 11.7. The van der Waals surface area contributed by atoms with E-state index >= 15 is 0 Å². The summed E-state index contributed by atoms with van der Waals surface area (Å²) in [5.41, 5.74) is 8.36. The number of benzene rings is 1. The molecule has 0 bridgehead atoms. The summed E-state index contributed by atoms with van der Waals surface area (Å²) in [6.07, 6.45) is 21.5. The highest BCUT2D eigenvalue weighted by molar-refractivity contribution is 5.89. The van der Waals surface area contributed by atoms with E-state index in [2.05, 4.69) is 6.92 Å². The van der Waals surface area contributed by atoms with Crippen molar-refractivity contribution in [2.24, 2.45) is 0 Å². The topological polar surface area (TPSA) is 50.1 Å². The molecule has 28 heavy (non-hydrogen) atoms. The quantitative estimate of drug-likeness (QED) is 0.189. The summed E-state index contributed by atoms with van der Waals surface area (Å²) >= 11 is 0. The predicted molar refractivity (Wildman–Crippen MR) is 119 cm³/mol. The molecular formula is C25H42NO2. The molecule has 0 saturated carbocycles. The fourth-order valence-corrected chi connectivity index (χ4v) is 3.50. The van der Waals surface area contributed by atoms with Gasteiger partial charge in [-0.2, -0.15) is 0 Å². The number of nitrogens with one attached hydrogen (secondary N) is 1. The summed E-state index contributed by atoms with van der Waals surface area (Å²) in [5.74, 6) is -0.277. The predicted octanol–water partition coefficient (Wildman–Crippen LogP) is 8.02. The van der Waals surface area contributed by atoms with Crippen LogP contribution in [0.2, 0.25) is 0 Å². The van der Waals surface area contributed by atoms with Crippen LogP contribution in [-0.4, -0.2) is 12.6 Å². The number of hydrogen-bond donors (Lipinski definition) is 0. The van der Waals surface area contributed by atoms with Crippen LogP contribution in [0, 0.1) is 0 Å². The summed E-state index contributed by atoms with van der Waals surface area (Å²) in [4.78, 5) is 11.8. The van der Waals surface area contributed by atoms with Gasteiger partial charge in [-0.15, -0.1) is 0 Å². The van der Waals surface area contributed by atoms with Crippen molar-refractivity contribution in [3.63, 3.8) is 0 Å². The van der Waals surface area contributed by atoms with Crippen molar-refractivity contribution in [1.29, 1.82) is 0 Å². The van der Waals surface area contributed by atoms with Gasteiger partial charge in [-0.25, -0.2) is 4.79 Å². The lowest BCUT2D eigenvalue weighted by molar-refractivity contribution is 0.0497. The Balaban J connectivity index is 1.78. The van der Waals surface area contributed by atoms with E-state index in [4.69, 9.17) is 10.5 Å². The highest BCUT2D eigenvalue weighted by Crippen LogP contribution is 2.14. The van der Waals surface area contributed by atoms with Gasteiger partial charge in [0.25, 0.3) is 0 Å². The smallest absolute Gasteiger partial charge is 0.338 e. The SMILES string of the molecule is CCCCCCCCCCCCCCCCCCOC(=O)c1ccc([NH])cc1. The number of unbranched alkanes of at least 4 members (excludes halogenated alkanes) is 15. The molecule has 159 valence electrons. The number of rotatable bonds is 18. The van der Waals surface area contributed by atoms with Gasteiger partial charge in [0.1, 0.15) is 0 Å². The zero-order valence-corrected chi connectivity index (χ0v) is 18.1. The van der Waals surface area contributed by atoms with Crippen LogP contribution < -0.4 is 5.73 Å². The fraction of sp³-hybridized carbons (Fsp3) is 0.720. The van der Waals surface area contributed by atoms with Gasteiger partial charge in [-0.05, 0) is 30.7 Å². The van der Waals surface area contributed by atoms with Crippen LogP contribution in [0.25, 0.3) is 0 Å². The Morgan fingerprint density at radius 2 is 1.07 bits per heavy atom. The average molecular weight is 389 g/mol. The Labute approximate surface area is 173 Å². The molecular weight excluding hydrogens is 346 g/mol. The summed E-state index contributed by atoms with van der Waals surface area (Å²) in [5, 5.41) is 0. The van der Waals surface area contributed by atoms with Crippen LogP contribution >= 0.6 is 0 Å². The number of hydrogen-bond acceptors (Lipinski definition) is 2. The van der Waals surface area contributed by atoms with Gasteiger partial charge in [-0.3, -0.25) is 0 Å². The number of esters is 1. The highest BCUT2D eigenvalue weighted by Gasteiger charge is 2.06. The third-order valence-corrected chi connectivity index (χ3v) is 5.35. The number of carbonyl (C=O) groups is 1. The van der Waals surface area contributed by atoms with Gasteiger partial charge in [0.05, 0.1) is 17.9 Å². The van der Waals surface area contributed by atoms with Crippen molar-refractivity contribution < 1.29 is 9.53 Å². The molecule has 0 aliphatic rings. The molecule has 0 unspecified atom stereocenters. The second-order valence-corrected chi connectivity index (χ2v) is 8.02. The molecule has 0 spiro atoms. The first kappa shape index (κ1) is 24.5. The lowest BCUT2D eigenvalue weighted by Crippen LogP contribution is -2.06. The zero-order chi connectivity index (χ0) is 20.3. The van der Waals surface area contributed by atoms with Crippen LogP contribution in [0.4, 0.5) is 5.69 Å². The van der Waals surface area contributed by atoms with Crippen molar-refractivity contribution >= 4 is 11.7 Å². The van der Waals surface area contributed by atoms with E-state index in [0.29, 0.717) is 17.9 Å².